The first-order valence-corrected chi connectivity index (χ1v) is 4.49. The summed E-state index contributed by atoms with van der Waals surface area (Å²) in [6, 6.07) is 1.45. The fourth-order valence-electron chi connectivity index (χ4n) is 1.59. The minimum Gasteiger partial charge on any atom is -0.475 e. The molecule has 1 saturated carbocycles. The monoisotopic (exact) mass is 195 g/mol. The molecule has 1 fully saturated rings. The number of aromatic carboxylic acids is 1. The van der Waals surface area contributed by atoms with Gasteiger partial charge in [-0.2, -0.15) is 0 Å². The van der Waals surface area contributed by atoms with Crippen molar-refractivity contribution in [3.05, 3.63) is 11.8 Å². The van der Waals surface area contributed by atoms with Gasteiger partial charge >= 0.3 is 11.9 Å². The van der Waals surface area contributed by atoms with Crippen LogP contribution in [0.15, 0.2) is 10.5 Å². The number of fused-ring (bicyclic) bond motifs is 1. The number of ether oxygens (including phenoxy) is 1. The van der Waals surface area contributed by atoms with Crippen molar-refractivity contribution in [2.75, 3.05) is 11.9 Å². The van der Waals surface area contributed by atoms with E-state index in [2.05, 4.69) is 5.32 Å². The summed E-state index contributed by atoms with van der Waals surface area (Å²) in [5.74, 6) is -0.846. The maximum absolute atomic E-state index is 10.6. The van der Waals surface area contributed by atoms with Crippen molar-refractivity contribution < 1.29 is 19.1 Å². The molecule has 0 aromatic carbocycles. The third kappa shape index (κ3) is 0.982. The number of furan rings is 1. The molecule has 0 unspecified atom stereocenters. The van der Waals surface area contributed by atoms with Crippen molar-refractivity contribution in [3.8, 4) is 5.95 Å². The predicted octanol–water partition coefficient (Wildman–Crippen LogP) is 1.31. The Morgan fingerprint density at radius 2 is 2.36 bits per heavy atom. The summed E-state index contributed by atoms with van der Waals surface area (Å²) in [4.78, 5) is 10.6. The van der Waals surface area contributed by atoms with Crippen LogP contribution in [0.2, 0.25) is 0 Å². The van der Waals surface area contributed by atoms with Crippen molar-refractivity contribution in [2.45, 2.75) is 18.4 Å². The Bertz CT molecular complexity index is 405. The molecule has 14 heavy (non-hydrogen) atoms. The largest absolute Gasteiger partial charge is 0.475 e. The molecule has 1 aliphatic carbocycles. The molecule has 1 aliphatic heterocycles. The van der Waals surface area contributed by atoms with Crippen LogP contribution < -0.4 is 10.1 Å². The zero-order valence-corrected chi connectivity index (χ0v) is 7.37. The molecule has 0 saturated heterocycles. The van der Waals surface area contributed by atoms with Gasteiger partial charge in [-0.1, -0.05) is 0 Å². The standard InChI is InChI=1S/C9H9NO4/c11-7(12)6-3-5-8(13-6)14-9(1-2-9)4-10-5/h3,10H,1-2,4H2,(H,11,12). The van der Waals surface area contributed by atoms with Crippen LogP contribution in [-0.2, 0) is 0 Å². The molecule has 2 heterocycles. The molecule has 1 spiro atoms. The highest BCUT2D eigenvalue weighted by atomic mass is 16.6. The molecule has 0 bridgehead atoms. The van der Waals surface area contributed by atoms with Crippen molar-refractivity contribution >= 4 is 11.7 Å². The van der Waals surface area contributed by atoms with E-state index in [-0.39, 0.29) is 11.4 Å². The van der Waals surface area contributed by atoms with Gasteiger partial charge in [-0.25, -0.2) is 4.79 Å². The van der Waals surface area contributed by atoms with Crippen LogP contribution in [0, 0.1) is 0 Å². The lowest BCUT2D eigenvalue weighted by Gasteiger charge is -2.22. The summed E-state index contributed by atoms with van der Waals surface area (Å²) in [7, 11) is 0. The number of carbonyl (C=O) groups is 1. The highest BCUT2D eigenvalue weighted by molar-refractivity contribution is 5.86. The summed E-state index contributed by atoms with van der Waals surface area (Å²) >= 11 is 0. The van der Waals surface area contributed by atoms with E-state index in [1.165, 1.54) is 6.07 Å². The van der Waals surface area contributed by atoms with Gasteiger partial charge in [-0.15, -0.1) is 0 Å². The van der Waals surface area contributed by atoms with Crippen LogP contribution in [0.25, 0.3) is 0 Å². The maximum atomic E-state index is 10.6. The Hall–Kier alpha value is -1.65. The quantitative estimate of drug-likeness (QED) is 0.707. The average Bonchev–Trinajstić information content (AvgIpc) is 2.76. The number of anilines is 1. The Labute approximate surface area is 79.7 Å². The average molecular weight is 195 g/mol. The molecule has 0 amide bonds. The summed E-state index contributed by atoms with van der Waals surface area (Å²) in [5.41, 5.74) is 0.514. The van der Waals surface area contributed by atoms with Crippen molar-refractivity contribution in [1.29, 1.82) is 0 Å². The van der Waals surface area contributed by atoms with Crippen LogP contribution in [0.4, 0.5) is 5.69 Å². The highest BCUT2D eigenvalue weighted by Gasteiger charge is 2.49. The molecule has 5 heteroatoms. The number of rotatable bonds is 1. The predicted molar refractivity (Wildman–Crippen MR) is 46.8 cm³/mol. The van der Waals surface area contributed by atoms with E-state index in [0.717, 1.165) is 19.4 Å². The first-order chi connectivity index (χ1) is 6.69. The minimum atomic E-state index is -1.07. The van der Waals surface area contributed by atoms with Gasteiger partial charge in [0.2, 0.25) is 5.76 Å². The second-order valence-electron chi connectivity index (χ2n) is 3.76. The van der Waals surface area contributed by atoms with Crippen LogP contribution in [0.3, 0.4) is 0 Å². The summed E-state index contributed by atoms with van der Waals surface area (Å²) in [5, 5.41) is 11.8. The fraction of sp³-hybridized carbons (Fsp3) is 0.444. The number of nitrogens with one attached hydrogen (secondary N) is 1. The van der Waals surface area contributed by atoms with Crippen LogP contribution in [0.5, 0.6) is 5.95 Å². The summed E-state index contributed by atoms with van der Waals surface area (Å²) in [6.45, 7) is 0.735. The number of hydrogen-bond donors (Lipinski definition) is 2. The molecule has 5 nitrogen and oxygen atoms in total. The SMILES string of the molecule is O=C(O)c1cc2c(o1)OC1(CC1)CN2. The minimum absolute atomic E-state index is 0.0831. The molecule has 2 aliphatic rings. The Morgan fingerprint density at radius 3 is 3.00 bits per heavy atom. The van der Waals surface area contributed by atoms with E-state index in [0.29, 0.717) is 11.6 Å². The van der Waals surface area contributed by atoms with Crippen molar-refractivity contribution in [1.82, 2.24) is 0 Å². The summed E-state index contributed by atoms with van der Waals surface area (Å²) < 4.78 is 10.6. The fourth-order valence-corrected chi connectivity index (χ4v) is 1.59. The molecule has 74 valence electrons. The van der Waals surface area contributed by atoms with E-state index in [1.807, 2.05) is 0 Å². The van der Waals surface area contributed by atoms with E-state index in [1.54, 1.807) is 0 Å². The van der Waals surface area contributed by atoms with Crippen molar-refractivity contribution in [3.63, 3.8) is 0 Å². The smallest absolute Gasteiger partial charge is 0.372 e. The molecule has 3 rings (SSSR count). The van der Waals surface area contributed by atoms with Gasteiger partial charge in [0.05, 0.1) is 6.54 Å². The Kier molecular flexibility index (Phi) is 1.23. The van der Waals surface area contributed by atoms with Gasteiger partial charge in [0.25, 0.3) is 0 Å². The molecular formula is C9H9NO4. The maximum Gasteiger partial charge on any atom is 0.372 e. The molecule has 0 radical (unpaired) electrons. The van der Waals surface area contributed by atoms with Gasteiger partial charge in [-0.3, -0.25) is 0 Å². The number of hydrogen-bond acceptors (Lipinski definition) is 4. The Morgan fingerprint density at radius 1 is 1.57 bits per heavy atom. The van der Waals surface area contributed by atoms with Crippen LogP contribution in [0.1, 0.15) is 23.4 Å². The molecular weight excluding hydrogens is 186 g/mol. The van der Waals surface area contributed by atoms with Crippen molar-refractivity contribution in [2.24, 2.45) is 0 Å². The molecule has 2 N–H and O–H groups in total. The van der Waals surface area contributed by atoms with Gasteiger partial charge in [0.15, 0.2) is 0 Å². The number of carboxylic acids is 1. The zero-order chi connectivity index (χ0) is 9.76. The molecule has 1 aromatic heterocycles. The van der Waals surface area contributed by atoms with Gasteiger partial charge in [0.1, 0.15) is 11.3 Å². The molecule has 1 aromatic rings. The van der Waals surface area contributed by atoms with Crippen LogP contribution >= 0.6 is 0 Å². The van der Waals surface area contributed by atoms with E-state index in [4.69, 9.17) is 14.3 Å². The topological polar surface area (TPSA) is 71.7 Å². The highest BCUT2D eigenvalue weighted by Crippen LogP contribution is 2.46. The normalized spacial score (nSPS) is 20.9. The second-order valence-corrected chi connectivity index (χ2v) is 3.76. The van der Waals surface area contributed by atoms with E-state index >= 15 is 0 Å². The van der Waals surface area contributed by atoms with Gasteiger partial charge in [-0.05, 0) is 12.8 Å². The van der Waals surface area contributed by atoms with E-state index in [9.17, 15) is 4.79 Å². The van der Waals surface area contributed by atoms with Gasteiger partial charge in [0, 0.05) is 6.07 Å². The first-order valence-electron chi connectivity index (χ1n) is 4.49. The lowest BCUT2D eigenvalue weighted by molar-refractivity contribution is 0.0641. The summed E-state index contributed by atoms with van der Waals surface area (Å²) in [6.07, 6.45) is 2.01. The Balaban J connectivity index is 1.97. The van der Waals surface area contributed by atoms with E-state index < -0.39 is 5.97 Å². The molecule has 0 atom stereocenters. The lowest BCUT2D eigenvalue weighted by Crippen LogP contribution is -2.31. The lowest BCUT2D eigenvalue weighted by atomic mass is 10.3. The zero-order valence-electron chi connectivity index (χ0n) is 7.37. The number of carboxylic acid groups (broad SMARTS) is 1. The second kappa shape index (κ2) is 2.23. The third-order valence-corrected chi connectivity index (χ3v) is 2.63. The third-order valence-electron chi connectivity index (χ3n) is 2.63. The first kappa shape index (κ1) is 7.73. The van der Waals surface area contributed by atoms with Gasteiger partial charge < -0.3 is 19.6 Å². The van der Waals surface area contributed by atoms with Crippen LogP contribution in [-0.4, -0.2) is 23.2 Å².